The van der Waals surface area contributed by atoms with E-state index in [1.165, 1.54) is 19.1 Å². The van der Waals surface area contributed by atoms with Gasteiger partial charge in [0.05, 0.1) is 5.52 Å². The van der Waals surface area contributed by atoms with E-state index in [0.29, 0.717) is 16.6 Å². The normalized spacial score (nSPS) is 11.2. The van der Waals surface area contributed by atoms with Crippen molar-refractivity contribution in [1.29, 1.82) is 0 Å². The summed E-state index contributed by atoms with van der Waals surface area (Å²) in [5.74, 6) is -0.241. The fourth-order valence-corrected chi connectivity index (χ4v) is 1.33. The molecule has 0 bridgehead atoms. The van der Waals surface area contributed by atoms with Gasteiger partial charge in [0, 0.05) is 12.5 Å². The van der Waals surface area contributed by atoms with Gasteiger partial charge >= 0.3 is 0 Å². The Kier molecular flexibility index (Phi) is 2.22. The third-order valence-corrected chi connectivity index (χ3v) is 2.07. The van der Waals surface area contributed by atoms with E-state index >= 15 is 0 Å². The van der Waals surface area contributed by atoms with Gasteiger partial charge in [-0.2, -0.15) is 4.68 Å². The van der Waals surface area contributed by atoms with E-state index < -0.39 is 6.29 Å². The molecule has 0 saturated heterocycles. The summed E-state index contributed by atoms with van der Waals surface area (Å²) in [5.41, 5.74) is 1.32. The Bertz CT molecular complexity index is 518. The maximum absolute atomic E-state index is 11.1. The summed E-state index contributed by atoms with van der Waals surface area (Å²) in [6.45, 7) is 1.38. The lowest BCUT2D eigenvalue weighted by molar-refractivity contribution is -0.0424. The van der Waals surface area contributed by atoms with Crippen LogP contribution in [0.2, 0.25) is 0 Å². The number of aromatic nitrogens is 3. The van der Waals surface area contributed by atoms with E-state index in [4.69, 9.17) is 10.2 Å². The zero-order valence-electron chi connectivity index (χ0n) is 7.95. The van der Waals surface area contributed by atoms with Crippen LogP contribution < -0.4 is 0 Å². The smallest absolute Gasteiger partial charge is 0.245 e. The average molecular weight is 207 g/mol. The number of hydrogen-bond donors (Lipinski definition) is 2. The lowest BCUT2D eigenvalue weighted by Crippen LogP contribution is -2.07. The quantitative estimate of drug-likeness (QED) is 0.646. The summed E-state index contributed by atoms with van der Waals surface area (Å²) in [4.78, 5) is 11.1. The van der Waals surface area contributed by atoms with Crippen molar-refractivity contribution in [1.82, 2.24) is 15.0 Å². The highest BCUT2D eigenvalue weighted by Gasteiger charge is 2.10. The molecular weight excluding hydrogens is 198 g/mol. The van der Waals surface area contributed by atoms with Crippen molar-refractivity contribution in [3.8, 4) is 0 Å². The van der Waals surface area contributed by atoms with Gasteiger partial charge in [-0.25, -0.2) is 0 Å². The van der Waals surface area contributed by atoms with Gasteiger partial charge in [-0.05, 0) is 12.1 Å². The lowest BCUT2D eigenvalue weighted by Gasteiger charge is -2.02. The second-order valence-corrected chi connectivity index (χ2v) is 3.14. The second-order valence-electron chi connectivity index (χ2n) is 3.14. The van der Waals surface area contributed by atoms with Crippen LogP contribution in [0.1, 0.15) is 23.6 Å². The van der Waals surface area contributed by atoms with Crippen molar-refractivity contribution in [3.63, 3.8) is 0 Å². The molecule has 0 aliphatic heterocycles. The molecule has 0 unspecified atom stereocenters. The summed E-state index contributed by atoms with van der Waals surface area (Å²) >= 11 is 0. The topological polar surface area (TPSA) is 88.2 Å². The molecule has 1 aromatic carbocycles. The number of nitrogens with zero attached hydrogens (tertiary/aromatic N) is 3. The number of rotatable bonds is 1. The molecule has 0 radical (unpaired) electrons. The Labute approximate surface area is 84.8 Å². The van der Waals surface area contributed by atoms with Crippen molar-refractivity contribution in [3.05, 3.63) is 23.8 Å². The molecule has 6 nitrogen and oxygen atoms in total. The minimum absolute atomic E-state index is 0.241. The van der Waals surface area contributed by atoms with E-state index in [2.05, 4.69) is 10.3 Å². The van der Waals surface area contributed by atoms with Gasteiger partial charge in [0.1, 0.15) is 5.52 Å². The first-order chi connectivity index (χ1) is 7.09. The predicted octanol–water partition coefficient (Wildman–Crippen LogP) is 0.0746. The minimum atomic E-state index is -1.54. The van der Waals surface area contributed by atoms with E-state index in [9.17, 15) is 4.79 Å². The number of hydrogen-bond acceptors (Lipinski definition) is 5. The van der Waals surface area contributed by atoms with E-state index in [0.717, 1.165) is 4.68 Å². The summed E-state index contributed by atoms with van der Waals surface area (Å²) in [7, 11) is 0. The molecule has 2 aromatic rings. The van der Waals surface area contributed by atoms with Crippen LogP contribution in [0.15, 0.2) is 18.2 Å². The average Bonchev–Trinajstić information content (AvgIpc) is 2.59. The molecule has 0 spiro atoms. The van der Waals surface area contributed by atoms with E-state index in [-0.39, 0.29) is 5.91 Å². The number of benzene rings is 1. The summed E-state index contributed by atoms with van der Waals surface area (Å²) in [6.07, 6.45) is -1.54. The van der Waals surface area contributed by atoms with Crippen molar-refractivity contribution in [2.75, 3.05) is 0 Å². The molecule has 0 atom stereocenters. The lowest BCUT2D eigenvalue weighted by atomic mass is 10.2. The molecule has 0 aliphatic rings. The van der Waals surface area contributed by atoms with E-state index in [1.807, 2.05) is 0 Å². The first-order valence-electron chi connectivity index (χ1n) is 4.32. The van der Waals surface area contributed by atoms with Crippen LogP contribution in [-0.2, 0) is 0 Å². The number of aliphatic hydroxyl groups excluding tert-OH is 1. The zero-order chi connectivity index (χ0) is 11.0. The molecule has 0 saturated carbocycles. The largest absolute Gasteiger partial charge is 0.364 e. The Morgan fingerprint density at radius 3 is 2.80 bits per heavy atom. The fraction of sp³-hybridized carbons (Fsp3) is 0.222. The minimum Gasteiger partial charge on any atom is -0.364 e. The molecule has 78 valence electrons. The summed E-state index contributed by atoms with van der Waals surface area (Å²) < 4.78 is 1.16. The van der Waals surface area contributed by atoms with Gasteiger partial charge in [-0.15, -0.1) is 5.10 Å². The molecule has 6 heteroatoms. The Hall–Kier alpha value is -1.79. The van der Waals surface area contributed by atoms with Crippen LogP contribution >= 0.6 is 0 Å². The van der Waals surface area contributed by atoms with Gasteiger partial charge in [0.25, 0.3) is 0 Å². The molecule has 15 heavy (non-hydrogen) atoms. The Balaban J connectivity index is 2.61. The highest BCUT2D eigenvalue weighted by Crippen LogP contribution is 2.17. The highest BCUT2D eigenvalue weighted by atomic mass is 16.5. The van der Waals surface area contributed by atoms with Gasteiger partial charge in [-0.3, -0.25) is 4.79 Å². The molecule has 0 fully saturated rings. The van der Waals surface area contributed by atoms with Crippen molar-refractivity contribution in [2.24, 2.45) is 0 Å². The SMILES string of the molecule is CC(=O)n1nnc2cc(C(O)O)ccc21. The molecule has 1 aromatic heterocycles. The van der Waals surface area contributed by atoms with Gasteiger partial charge in [-0.1, -0.05) is 11.3 Å². The Morgan fingerprint density at radius 2 is 2.20 bits per heavy atom. The number of aliphatic hydroxyl groups is 2. The van der Waals surface area contributed by atoms with Crippen LogP contribution in [0, 0.1) is 0 Å². The third-order valence-electron chi connectivity index (χ3n) is 2.07. The third kappa shape index (κ3) is 1.60. The van der Waals surface area contributed by atoms with Crippen molar-refractivity contribution >= 4 is 16.9 Å². The summed E-state index contributed by atoms with van der Waals surface area (Å²) in [6, 6.07) is 4.56. The summed E-state index contributed by atoms with van der Waals surface area (Å²) in [5, 5.41) is 25.3. The first kappa shape index (κ1) is 9.75. The van der Waals surface area contributed by atoms with Gasteiger partial charge in [0.15, 0.2) is 6.29 Å². The Morgan fingerprint density at radius 1 is 1.47 bits per heavy atom. The van der Waals surface area contributed by atoms with Crippen molar-refractivity contribution < 1.29 is 15.0 Å². The van der Waals surface area contributed by atoms with Gasteiger partial charge < -0.3 is 10.2 Å². The van der Waals surface area contributed by atoms with E-state index in [1.54, 1.807) is 6.07 Å². The second kappa shape index (κ2) is 3.41. The van der Waals surface area contributed by atoms with Crippen molar-refractivity contribution in [2.45, 2.75) is 13.2 Å². The van der Waals surface area contributed by atoms with Crippen LogP contribution in [0.4, 0.5) is 0 Å². The molecule has 2 N–H and O–H groups in total. The molecule has 1 heterocycles. The standard InChI is InChI=1S/C9H9N3O3/c1-5(13)12-8-3-2-6(9(14)15)4-7(8)10-11-12/h2-4,9,14-15H,1H3. The highest BCUT2D eigenvalue weighted by molar-refractivity contribution is 5.87. The number of carbonyl (C=O) groups excluding carboxylic acids is 1. The fourth-order valence-electron chi connectivity index (χ4n) is 1.33. The molecule has 0 aliphatic carbocycles. The predicted molar refractivity (Wildman–Crippen MR) is 51.0 cm³/mol. The van der Waals surface area contributed by atoms with Crippen LogP contribution in [0.25, 0.3) is 11.0 Å². The number of fused-ring (bicyclic) bond motifs is 1. The van der Waals surface area contributed by atoms with Crippen LogP contribution in [-0.4, -0.2) is 31.1 Å². The first-order valence-corrected chi connectivity index (χ1v) is 4.32. The van der Waals surface area contributed by atoms with Gasteiger partial charge in [0.2, 0.25) is 5.91 Å². The molecule has 0 amide bonds. The maximum atomic E-state index is 11.1. The maximum Gasteiger partial charge on any atom is 0.245 e. The van der Waals surface area contributed by atoms with Crippen LogP contribution in [0.3, 0.4) is 0 Å². The van der Waals surface area contributed by atoms with Crippen LogP contribution in [0.5, 0.6) is 0 Å². The molecular formula is C9H9N3O3. The number of carbonyl (C=O) groups is 1. The monoisotopic (exact) mass is 207 g/mol. The molecule has 2 rings (SSSR count). The zero-order valence-corrected chi connectivity index (χ0v) is 7.95.